The van der Waals surface area contributed by atoms with Crippen LogP contribution in [0.25, 0.3) is 10.8 Å². The smallest absolute Gasteiger partial charge is 0.264 e. The first-order chi connectivity index (χ1) is 12.9. The van der Waals surface area contributed by atoms with Gasteiger partial charge in [-0.1, -0.05) is 48.5 Å². The molecule has 0 saturated heterocycles. The third-order valence-corrected chi connectivity index (χ3v) is 6.16. The SMILES string of the molecule is C[NH+](C)C[C@@H](O)CN(c1ccccc1)S(=O)(=O)c1ccc2ccccc2c1. The van der Waals surface area contributed by atoms with Gasteiger partial charge in [0.25, 0.3) is 10.0 Å². The van der Waals surface area contributed by atoms with Crippen molar-refractivity contribution in [2.75, 3.05) is 31.5 Å². The molecule has 5 nitrogen and oxygen atoms in total. The summed E-state index contributed by atoms with van der Waals surface area (Å²) < 4.78 is 28.1. The Morgan fingerprint density at radius 2 is 1.56 bits per heavy atom. The van der Waals surface area contributed by atoms with E-state index >= 15 is 0 Å². The van der Waals surface area contributed by atoms with Crippen molar-refractivity contribution in [1.29, 1.82) is 0 Å². The molecular formula is C21H25N2O3S+. The van der Waals surface area contributed by atoms with Gasteiger partial charge in [0.1, 0.15) is 12.6 Å². The van der Waals surface area contributed by atoms with E-state index in [9.17, 15) is 13.5 Å². The predicted octanol–water partition coefficient (Wildman–Crippen LogP) is 1.54. The van der Waals surface area contributed by atoms with Crippen LogP contribution in [0.4, 0.5) is 5.69 Å². The largest absolute Gasteiger partial charge is 0.385 e. The average Bonchev–Trinajstić information content (AvgIpc) is 2.65. The van der Waals surface area contributed by atoms with E-state index in [1.807, 2.05) is 50.5 Å². The minimum absolute atomic E-state index is 0.00432. The van der Waals surface area contributed by atoms with Gasteiger partial charge in [-0.25, -0.2) is 8.42 Å². The number of nitrogens with zero attached hydrogens (tertiary/aromatic N) is 1. The first kappa shape index (κ1) is 19.4. The maximum atomic E-state index is 13.4. The van der Waals surface area contributed by atoms with E-state index in [1.54, 1.807) is 36.4 Å². The molecular weight excluding hydrogens is 360 g/mol. The Labute approximate surface area is 160 Å². The summed E-state index contributed by atoms with van der Waals surface area (Å²) in [5.41, 5.74) is 0.540. The van der Waals surface area contributed by atoms with Gasteiger partial charge in [-0.2, -0.15) is 0 Å². The summed E-state index contributed by atoms with van der Waals surface area (Å²) in [6, 6.07) is 21.7. The minimum atomic E-state index is -3.81. The quantitative estimate of drug-likeness (QED) is 0.649. The van der Waals surface area contributed by atoms with Crippen LogP contribution in [0.5, 0.6) is 0 Å². The molecule has 3 aromatic carbocycles. The Morgan fingerprint density at radius 1 is 0.926 bits per heavy atom. The first-order valence-electron chi connectivity index (χ1n) is 8.91. The van der Waals surface area contributed by atoms with Crippen molar-refractivity contribution in [3.05, 3.63) is 72.8 Å². The number of hydrogen-bond acceptors (Lipinski definition) is 3. The molecule has 0 saturated carbocycles. The summed E-state index contributed by atoms with van der Waals surface area (Å²) >= 11 is 0. The zero-order valence-corrected chi connectivity index (χ0v) is 16.4. The van der Waals surface area contributed by atoms with Gasteiger partial charge in [-0.3, -0.25) is 4.31 Å². The zero-order chi connectivity index (χ0) is 19.4. The molecule has 0 bridgehead atoms. The number of nitrogens with one attached hydrogen (secondary N) is 1. The number of quaternary nitrogens is 1. The maximum absolute atomic E-state index is 13.4. The molecule has 1 atom stereocenters. The molecule has 6 heteroatoms. The number of benzene rings is 3. The molecule has 0 aliphatic rings. The van der Waals surface area contributed by atoms with Crippen LogP contribution in [0.1, 0.15) is 0 Å². The lowest BCUT2D eigenvalue weighted by Gasteiger charge is -2.27. The van der Waals surface area contributed by atoms with Crippen LogP contribution in [0.3, 0.4) is 0 Å². The molecule has 0 spiro atoms. The average molecular weight is 386 g/mol. The Bertz CT molecular complexity index is 1000. The fourth-order valence-corrected chi connectivity index (χ4v) is 4.66. The Kier molecular flexibility index (Phi) is 5.79. The molecule has 0 unspecified atom stereocenters. The number of likely N-dealkylation sites (N-methyl/N-ethyl adjacent to an activating group) is 1. The lowest BCUT2D eigenvalue weighted by molar-refractivity contribution is -0.861. The fraction of sp³-hybridized carbons (Fsp3) is 0.238. The number of sulfonamides is 1. The standard InChI is InChI=1S/C21H24N2O3S/c1-22(2)15-20(24)16-23(19-10-4-3-5-11-19)27(25,26)21-13-12-17-8-6-7-9-18(17)14-21/h3-14,20,24H,15-16H2,1-2H3/p+1/t20-/m1/s1. The van der Waals surface area contributed by atoms with E-state index in [4.69, 9.17) is 0 Å². The molecule has 3 aromatic rings. The molecule has 142 valence electrons. The summed E-state index contributed by atoms with van der Waals surface area (Å²) in [5.74, 6) is 0. The normalized spacial score (nSPS) is 13.0. The molecule has 3 rings (SSSR count). The Hall–Kier alpha value is -2.41. The van der Waals surface area contributed by atoms with Gasteiger partial charge in [0, 0.05) is 0 Å². The van der Waals surface area contributed by atoms with Crippen molar-refractivity contribution in [1.82, 2.24) is 0 Å². The number of aliphatic hydroxyl groups is 1. The van der Waals surface area contributed by atoms with Crippen molar-refractivity contribution in [2.24, 2.45) is 0 Å². The third-order valence-electron chi connectivity index (χ3n) is 4.37. The van der Waals surface area contributed by atoms with Gasteiger partial charge < -0.3 is 10.0 Å². The van der Waals surface area contributed by atoms with E-state index in [2.05, 4.69) is 0 Å². The van der Waals surface area contributed by atoms with Crippen LogP contribution >= 0.6 is 0 Å². The van der Waals surface area contributed by atoms with E-state index in [1.165, 1.54) is 4.31 Å². The lowest BCUT2D eigenvalue weighted by atomic mass is 10.1. The number of hydrogen-bond donors (Lipinski definition) is 2. The Morgan fingerprint density at radius 3 is 2.22 bits per heavy atom. The van der Waals surface area contributed by atoms with Gasteiger partial charge in [0.2, 0.25) is 0 Å². The number of para-hydroxylation sites is 1. The molecule has 0 aliphatic heterocycles. The number of aliphatic hydroxyl groups excluding tert-OH is 1. The van der Waals surface area contributed by atoms with Crippen molar-refractivity contribution in [2.45, 2.75) is 11.0 Å². The zero-order valence-electron chi connectivity index (χ0n) is 15.5. The summed E-state index contributed by atoms with van der Waals surface area (Å²) in [4.78, 5) is 1.27. The van der Waals surface area contributed by atoms with Crippen molar-refractivity contribution in [3.63, 3.8) is 0 Å². The highest BCUT2D eigenvalue weighted by Gasteiger charge is 2.28. The molecule has 0 aliphatic carbocycles. The van der Waals surface area contributed by atoms with E-state index < -0.39 is 16.1 Å². The number of anilines is 1. The van der Waals surface area contributed by atoms with Gasteiger partial charge in [0.05, 0.1) is 31.2 Å². The molecule has 0 fully saturated rings. The van der Waals surface area contributed by atoms with E-state index in [-0.39, 0.29) is 11.4 Å². The highest BCUT2D eigenvalue weighted by molar-refractivity contribution is 7.92. The van der Waals surface area contributed by atoms with Crippen molar-refractivity contribution < 1.29 is 18.4 Å². The fourth-order valence-electron chi connectivity index (χ4n) is 3.12. The molecule has 0 amide bonds. The number of rotatable bonds is 7. The van der Waals surface area contributed by atoms with Crippen LogP contribution in [-0.2, 0) is 10.0 Å². The van der Waals surface area contributed by atoms with E-state index in [0.717, 1.165) is 15.7 Å². The second kappa shape index (κ2) is 8.08. The van der Waals surface area contributed by atoms with Crippen LogP contribution < -0.4 is 9.21 Å². The summed E-state index contributed by atoms with van der Waals surface area (Å²) in [7, 11) is 0.0367. The van der Waals surface area contributed by atoms with Crippen LogP contribution in [-0.4, -0.2) is 46.8 Å². The molecule has 0 aromatic heterocycles. The van der Waals surface area contributed by atoms with Gasteiger partial charge in [0.15, 0.2) is 0 Å². The van der Waals surface area contributed by atoms with E-state index in [0.29, 0.717) is 12.2 Å². The summed E-state index contributed by atoms with van der Waals surface area (Å²) in [5, 5.41) is 12.3. The molecule has 2 N–H and O–H groups in total. The summed E-state index contributed by atoms with van der Waals surface area (Å²) in [6.07, 6.45) is -0.773. The molecule has 0 heterocycles. The molecule has 27 heavy (non-hydrogen) atoms. The van der Waals surface area contributed by atoms with Crippen LogP contribution in [0, 0.1) is 0 Å². The van der Waals surface area contributed by atoms with Crippen LogP contribution in [0.15, 0.2) is 77.7 Å². The summed E-state index contributed by atoms with van der Waals surface area (Å²) in [6.45, 7) is 0.459. The highest BCUT2D eigenvalue weighted by atomic mass is 32.2. The third kappa shape index (κ3) is 4.47. The highest BCUT2D eigenvalue weighted by Crippen LogP contribution is 2.26. The lowest BCUT2D eigenvalue weighted by Crippen LogP contribution is -3.07. The first-order valence-corrected chi connectivity index (χ1v) is 10.4. The predicted molar refractivity (Wildman–Crippen MR) is 109 cm³/mol. The maximum Gasteiger partial charge on any atom is 0.264 e. The van der Waals surface area contributed by atoms with Crippen molar-refractivity contribution in [3.8, 4) is 0 Å². The number of fused-ring (bicyclic) bond motifs is 1. The second-order valence-electron chi connectivity index (χ2n) is 6.95. The molecule has 0 radical (unpaired) electrons. The monoisotopic (exact) mass is 385 g/mol. The Balaban J connectivity index is 2.03. The van der Waals surface area contributed by atoms with Gasteiger partial charge >= 0.3 is 0 Å². The topological polar surface area (TPSA) is 62.1 Å². The van der Waals surface area contributed by atoms with Crippen molar-refractivity contribution >= 4 is 26.5 Å². The second-order valence-corrected chi connectivity index (χ2v) is 8.81. The van der Waals surface area contributed by atoms with Gasteiger partial charge in [-0.05, 0) is 35.0 Å². The minimum Gasteiger partial charge on any atom is -0.385 e. The van der Waals surface area contributed by atoms with Crippen LogP contribution in [0.2, 0.25) is 0 Å². The van der Waals surface area contributed by atoms with Gasteiger partial charge in [-0.15, -0.1) is 0 Å².